The van der Waals surface area contributed by atoms with Gasteiger partial charge in [-0.15, -0.1) is 0 Å². The molecule has 1 rings (SSSR count). The van der Waals surface area contributed by atoms with Crippen LogP contribution < -0.4 is 5.32 Å². The summed E-state index contributed by atoms with van der Waals surface area (Å²) < 4.78 is 17.5. The van der Waals surface area contributed by atoms with E-state index in [9.17, 15) is 19.1 Å². The van der Waals surface area contributed by atoms with Gasteiger partial charge in [0.1, 0.15) is 12.8 Å². The van der Waals surface area contributed by atoms with Crippen molar-refractivity contribution in [3.63, 3.8) is 0 Å². The number of carbonyl (C=O) groups is 2. The fourth-order valence-electron chi connectivity index (χ4n) is 1.61. The molecule has 0 heterocycles. The summed E-state index contributed by atoms with van der Waals surface area (Å²) in [6, 6.07) is 4.53. The number of hydrogen-bond acceptors (Lipinski definition) is 4. The Bertz CT molecular complexity index is 495. The Morgan fingerprint density at radius 3 is 2.33 bits per heavy atom. The summed E-state index contributed by atoms with van der Waals surface area (Å²) in [6.07, 6.45) is -1.31. The van der Waals surface area contributed by atoms with Crippen LogP contribution in [-0.2, 0) is 9.53 Å². The number of aliphatic hydroxyl groups excluding tert-OH is 1. The van der Waals surface area contributed by atoms with Crippen LogP contribution in [0.2, 0.25) is 0 Å². The van der Waals surface area contributed by atoms with Crippen molar-refractivity contribution in [3.05, 3.63) is 35.4 Å². The molecule has 0 saturated heterocycles. The van der Waals surface area contributed by atoms with Crippen LogP contribution in [0.5, 0.6) is 0 Å². The fraction of sp³-hybridized carbons (Fsp3) is 0.385. The summed E-state index contributed by atoms with van der Waals surface area (Å²) in [5.74, 6) is -1.33. The Hall–Kier alpha value is -1.37. The van der Waals surface area contributed by atoms with Gasteiger partial charge in [0, 0.05) is 0 Å². The second-order valence-corrected chi connectivity index (χ2v) is 5.22. The average molecular weight is 338 g/mol. The van der Waals surface area contributed by atoms with E-state index in [0.29, 0.717) is 5.56 Å². The van der Waals surface area contributed by atoms with E-state index in [0.717, 1.165) is 0 Å². The Labute approximate surface area is 131 Å². The van der Waals surface area contributed by atoms with Crippen LogP contribution in [-0.4, -0.2) is 41.6 Å². The molecule has 0 aliphatic carbocycles. The van der Waals surface area contributed by atoms with E-state index in [4.69, 9.17) is 23.2 Å². The number of esters is 1. The molecule has 0 fully saturated rings. The number of methoxy groups -OCH3 is 1. The largest absolute Gasteiger partial charge is 0.465 e. The summed E-state index contributed by atoms with van der Waals surface area (Å²) in [6.45, 7) is -1.01. The number of halogens is 3. The lowest BCUT2D eigenvalue weighted by Gasteiger charge is -2.22. The molecule has 0 unspecified atom stereocenters. The van der Waals surface area contributed by atoms with Crippen LogP contribution in [0.3, 0.4) is 0 Å². The van der Waals surface area contributed by atoms with E-state index in [1.807, 2.05) is 0 Å². The molecule has 2 N–H and O–H groups in total. The minimum atomic E-state index is -1.35. The Morgan fingerprint density at radius 2 is 1.90 bits per heavy atom. The van der Waals surface area contributed by atoms with Crippen LogP contribution in [0.15, 0.2) is 24.3 Å². The predicted octanol–water partition coefficient (Wildman–Crippen LogP) is 1.76. The predicted molar refractivity (Wildman–Crippen MR) is 76.1 cm³/mol. The third kappa shape index (κ3) is 4.84. The zero-order valence-corrected chi connectivity index (χ0v) is 12.6. The van der Waals surface area contributed by atoms with Gasteiger partial charge in [-0.3, -0.25) is 4.79 Å². The van der Waals surface area contributed by atoms with E-state index in [1.54, 1.807) is 0 Å². The lowest BCUT2D eigenvalue weighted by atomic mass is 10.0. The van der Waals surface area contributed by atoms with Gasteiger partial charge in [0.05, 0.1) is 18.7 Å². The van der Waals surface area contributed by atoms with Gasteiger partial charge in [-0.25, -0.2) is 9.18 Å². The Kier molecular flexibility index (Phi) is 6.87. The summed E-state index contributed by atoms with van der Waals surface area (Å²) in [5.41, 5.74) is 0.613. The van der Waals surface area contributed by atoms with Crippen molar-refractivity contribution in [1.82, 2.24) is 5.32 Å². The summed E-state index contributed by atoms with van der Waals surface area (Å²) >= 11 is 10.7. The molecule has 5 nitrogen and oxygen atoms in total. The maximum absolute atomic E-state index is 12.9. The second-order valence-electron chi connectivity index (χ2n) is 4.13. The molecule has 0 aromatic heterocycles. The molecule has 8 heteroatoms. The molecular weight excluding hydrogens is 324 g/mol. The molecule has 2 atom stereocenters. The molecule has 1 aromatic rings. The number of carbonyl (C=O) groups excluding carboxylic acids is 2. The van der Waals surface area contributed by atoms with Gasteiger partial charge in [0.15, 0.2) is 4.84 Å². The number of aliphatic hydroxyl groups is 1. The van der Waals surface area contributed by atoms with E-state index >= 15 is 0 Å². The second kappa shape index (κ2) is 8.17. The van der Waals surface area contributed by atoms with E-state index < -0.39 is 35.5 Å². The van der Waals surface area contributed by atoms with Crippen molar-refractivity contribution in [2.24, 2.45) is 0 Å². The molecular formula is C13H14Cl2FNO4. The Morgan fingerprint density at radius 1 is 1.33 bits per heavy atom. The van der Waals surface area contributed by atoms with Gasteiger partial charge in [-0.05, 0) is 17.7 Å². The molecule has 116 valence electrons. The third-order valence-electron chi connectivity index (χ3n) is 2.75. The monoisotopic (exact) mass is 337 g/mol. The van der Waals surface area contributed by atoms with Crippen LogP contribution >= 0.6 is 23.2 Å². The molecule has 0 spiro atoms. The minimum Gasteiger partial charge on any atom is -0.465 e. The van der Waals surface area contributed by atoms with E-state index in [-0.39, 0.29) is 5.56 Å². The van der Waals surface area contributed by atoms with Gasteiger partial charge >= 0.3 is 5.97 Å². The van der Waals surface area contributed by atoms with Gasteiger partial charge < -0.3 is 15.2 Å². The van der Waals surface area contributed by atoms with Gasteiger partial charge in [0.25, 0.3) is 5.91 Å². The van der Waals surface area contributed by atoms with Crippen LogP contribution in [0.25, 0.3) is 0 Å². The van der Waals surface area contributed by atoms with Gasteiger partial charge in [-0.2, -0.15) is 0 Å². The lowest BCUT2D eigenvalue weighted by Crippen LogP contribution is -2.43. The number of rotatable bonds is 6. The highest BCUT2D eigenvalue weighted by molar-refractivity contribution is 6.53. The molecule has 1 amide bonds. The molecule has 0 bridgehead atoms. The number of amides is 1. The Balaban J connectivity index is 2.82. The smallest absolute Gasteiger partial charge is 0.337 e. The highest BCUT2D eigenvalue weighted by Crippen LogP contribution is 2.19. The zero-order valence-electron chi connectivity index (χ0n) is 11.1. The first-order chi connectivity index (χ1) is 9.90. The number of alkyl halides is 3. The van der Waals surface area contributed by atoms with Crippen LogP contribution in [0.1, 0.15) is 22.0 Å². The minimum absolute atomic E-state index is 0.288. The molecule has 0 aliphatic rings. The molecule has 21 heavy (non-hydrogen) atoms. The maximum atomic E-state index is 12.9. The van der Waals surface area contributed by atoms with Crippen molar-refractivity contribution in [3.8, 4) is 0 Å². The fourth-order valence-corrected chi connectivity index (χ4v) is 1.74. The van der Waals surface area contributed by atoms with Crippen molar-refractivity contribution in [2.45, 2.75) is 17.0 Å². The van der Waals surface area contributed by atoms with Crippen LogP contribution in [0, 0.1) is 0 Å². The first-order valence-electron chi connectivity index (χ1n) is 5.91. The normalized spacial score (nSPS) is 13.6. The van der Waals surface area contributed by atoms with E-state index in [1.165, 1.54) is 31.4 Å². The van der Waals surface area contributed by atoms with Crippen molar-refractivity contribution < 1.29 is 23.8 Å². The molecule has 0 aliphatic heterocycles. The maximum Gasteiger partial charge on any atom is 0.337 e. The molecule has 0 saturated carbocycles. The zero-order chi connectivity index (χ0) is 16.0. The van der Waals surface area contributed by atoms with Crippen molar-refractivity contribution in [2.75, 3.05) is 13.8 Å². The third-order valence-corrected chi connectivity index (χ3v) is 3.14. The topological polar surface area (TPSA) is 75.6 Å². The number of benzene rings is 1. The average Bonchev–Trinajstić information content (AvgIpc) is 2.50. The van der Waals surface area contributed by atoms with E-state index in [2.05, 4.69) is 10.1 Å². The summed E-state index contributed by atoms with van der Waals surface area (Å²) in [7, 11) is 1.24. The number of nitrogens with one attached hydrogen (secondary N) is 1. The molecule has 0 radical (unpaired) electrons. The highest BCUT2D eigenvalue weighted by Gasteiger charge is 2.25. The SMILES string of the molecule is COC(=O)c1ccc([C@@H](O)[C@@H](CF)NC(=O)C(Cl)Cl)cc1. The quantitative estimate of drug-likeness (QED) is 0.612. The first kappa shape index (κ1) is 17.7. The number of ether oxygens (including phenoxy) is 1. The lowest BCUT2D eigenvalue weighted by molar-refractivity contribution is -0.121. The van der Waals surface area contributed by atoms with Crippen molar-refractivity contribution >= 4 is 35.1 Å². The molecule has 1 aromatic carbocycles. The number of hydrogen-bond donors (Lipinski definition) is 2. The van der Waals surface area contributed by atoms with Gasteiger partial charge in [0.2, 0.25) is 0 Å². The van der Waals surface area contributed by atoms with Crippen molar-refractivity contribution in [1.29, 1.82) is 0 Å². The standard InChI is InChI=1S/C13H14Cl2FNO4/c1-21-13(20)8-4-2-7(3-5-8)10(18)9(6-16)17-12(19)11(14)15/h2-5,9-11,18H,6H2,1H3,(H,17,19)/t9-,10-/m1/s1. The highest BCUT2D eigenvalue weighted by atomic mass is 35.5. The first-order valence-corrected chi connectivity index (χ1v) is 6.78. The van der Waals surface area contributed by atoms with Gasteiger partial charge in [-0.1, -0.05) is 35.3 Å². The summed E-state index contributed by atoms with van der Waals surface area (Å²) in [5, 5.41) is 12.2. The van der Waals surface area contributed by atoms with Crippen LogP contribution in [0.4, 0.5) is 4.39 Å². The summed E-state index contributed by atoms with van der Waals surface area (Å²) in [4.78, 5) is 21.2.